The van der Waals surface area contributed by atoms with Crippen molar-refractivity contribution in [2.75, 3.05) is 0 Å². The molecule has 270 valence electrons. The predicted octanol–water partition coefficient (Wildman–Crippen LogP) is 14.1. The Kier molecular flexibility index (Phi) is 7.93. The molecule has 0 fully saturated rings. The van der Waals surface area contributed by atoms with Gasteiger partial charge in [0, 0.05) is 18.0 Å². The van der Waals surface area contributed by atoms with E-state index in [2.05, 4.69) is 190 Å². The Hall–Kier alpha value is -5.88. The van der Waals surface area contributed by atoms with Crippen LogP contribution < -0.4 is 10.4 Å². The topological polar surface area (TPSA) is 12.9 Å². The summed E-state index contributed by atoms with van der Waals surface area (Å²) in [4.78, 5) is 4.57. The van der Waals surface area contributed by atoms with Crippen molar-refractivity contribution >= 4 is 91.2 Å². The van der Waals surface area contributed by atoms with Crippen LogP contribution in [0.15, 0.2) is 164 Å². The zero-order valence-corrected chi connectivity index (χ0v) is 35.0. The lowest BCUT2D eigenvalue weighted by Gasteiger charge is -2.21. The van der Waals surface area contributed by atoms with E-state index < -0.39 is 16.1 Å². The number of fused-ring (bicyclic) bond motifs is 7. The highest BCUT2D eigenvalue weighted by Crippen LogP contribution is 2.48. The Morgan fingerprint density at radius 1 is 0.339 bits per heavy atom. The highest BCUT2D eigenvalue weighted by molar-refractivity contribution is 6.89. The van der Waals surface area contributed by atoms with E-state index in [0.717, 1.165) is 5.56 Å². The summed E-state index contributed by atoms with van der Waals surface area (Å²) in [7, 11) is -2.90. The molecular formula is C53H45NSi2. The molecule has 0 bridgehead atoms. The van der Waals surface area contributed by atoms with E-state index in [1.54, 1.807) is 0 Å². The van der Waals surface area contributed by atoms with Crippen LogP contribution in [0.4, 0.5) is 0 Å². The van der Waals surface area contributed by atoms with Gasteiger partial charge in [-0.3, -0.25) is 4.98 Å². The van der Waals surface area contributed by atoms with Crippen molar-refractivity contribution < 1.29 is 0 Å². The van der Waals surface area contributed by atoms with Crippen molar-refractivity contribution in [3.63, 3.8) is 0 Å². The van der Waals surface area contributed by atoms with E-state index in [0.29, 0.717) is 0 Å². The van der Waals surface area contributed by atoms with Gasteiger partial charge in [-0.05, 0) is 129 Å². The first-order valence-corrected chi connectivity index (χ1v) is 26.8. The van der Waals surface area contributed by atoms with Crippen molar-refractivity contribution in [3.8, 4) is 33.4 Å². The lowest BCUT2D eigenvalue weighted by molar-refractivity contribution is 1.33. The molecule has 3 heteroatoms. The second-order valence-electron chi connectivity index (χ2n) is 17.7. The van der Waals surface area contributed by atoms with E-state index in [1.165, 1.54) is 103 Å². The normalized spacial score (nSPS) is 12.5. The summed E-state index contributed by atoms with van der Waals surface area (Å²) in [6.07, 6.45) is 3.86. The first-order chi connectivity index (χ1) is 27.0. The van der Waals surface area contributed by atoms with Gasteiger partial charge >= 0.3 is 0 Å². The lowest BCUT2D eigenvalue weighted by atomic mass is 9.83. The van der Waals surface area contributed by atoms with E-state index in [4.69, 9.17) is 0 Å². The lowest BCUT2D eigenvalue weighted by Crippen LogP contribution is -2.37. The minimum absolute atomic E-state index is 1.13. The number of pyridine rings is 1. The number of aromatic nitrogens is 1. The van der Waals surface area contributed by atoms with E-state index >= 15 is 0 Å². The SMILES string of the molecule is C[Si](C)(C)c1ccc2cc(-c3c4ccccc4c(-c4ccc5cc([Si](C)(C)C)ccc5c4)c4cc5c(cc34)c(-c3cccnc3)cc3ccccc35)ccc2c1. The van der Waals surface area contributed by atoms with Gasteiger partial charge in [-0.25, -0.2) is 0 Å². The van der Waals surface area contributed by atoms with Gasteiger partial charge in [0.1, 0.15) is 0 Å². The molecule has 0 aliphatic rings. The van der Waals surface area contributed by atoms with Crippen molar-refractivity contribution in [2.45, 2.75) is 39.3 Å². The molecule has 1 heterocycles. The summed E-state index contributed by atoms with van der Waals surface area (Å²) in [5.74, 6) is 0. The standard InChI is InChI=1S/C53H45NSi2/c1-55(2,3)42-23-21-34-26-39(19-17-36(34)28-42)52-45-15-9-10-16-46(45)53(40-20-18-37-29-43(56(4,5)6)24-22-35(37)27-40)51-32-49-47(41-13-11-25-54-33-41)30-38-12-7-8-14-44(38)48(49)31-50(51)52/h7-33H,1-6H3. The molecule has 0 saturated heterocycles. The Morgan fingerprint density at radius 2 is 0.839 bits per heavy atom. The molecule has 0 atom stereocenters. The first-order valence-electron chi connectivity index (χ1n) is 19.8. The predicted molar refractivity (Wildman–Crippen MR) is 252 cm³/mol. The van der Waals surface area contributed by atoms with Crippen molar-refractivity contribution in [1.29, 1.82) is 0 Å². The van der Waals surface area contributed by atoms with Gasteiger partial charge in [0.05, 0.1) is 16.1 Å². The fourth-order valence-electron chi connectivity index (χ4n) is 8.89. The van der Waals surface area contributed by atoms with Gasteiger partial charge in [-0.15, -0.1) is 0 Å². The van der Waals surface area contributed by atoms with Crippen LogP contribution in [0.2, 0.25) is 39.3 Å². The van der Waals surface area contributed by atoms with E-state index in [9.17, 15) is 0 Å². The number of hydrogen-bond acceptors (Lipinski definition) is 1. The first kappa shape index (κ1) is 34.6. The third-order valence-electron chi connectivity index (χ3n) is 12.0. The second-order valence-corrected chi connectivity index (χ2v) is 27.8. The van der Waals surface area contributed by atoms with Crippen LogP contribution in [-0.4, -0.2) is 21.1 Å². The van der Waals surface area contributed by atoms with Gasteiger partial charge in [0.15, 0.2) is 0 Å². The van der Waals surface area contributed by atoms with Crippen LogP contribution in [0.1, 0.15) is 0 Å². The molecule has 9 aromatic carbocycles. The van der Waals surface area contributed by atoms with Crippen molar-refractivity contribution in [3.05, 3.63) is 164 Å². The quantitative estimate of drug-likeness (QED) is 0.0969. The number of rotatable bonds is 5. The van der Waals surface area contributed by atoms with Crippen molar-refractivity contribution in [2.24, 2.45) is 0 Å². The molecule has 1 aromatic heterocycles. The maximum Gasteiger partial charge on any atom is 0.0776 e. The zero-order chi connectivity index (χ0) is 38.3. The molecule has 0 aliphatic carbocycles. The molecule has 0 spiro atoms. The molecule has 10 rings (SSSR count). The number of hydrogen-bond donors (Lipinski definition) is 0. The third kappa shape index (κ3) is 5.77. The molecule has 10 aromatic rings. The minimum Gasteiger partial charge on any atom is -0.264 e. The monoisotopic (exact) mass is 751 g/mol. The van der Waals surface area contributed by atoms with E-state index in [-0.39, 0.29) is 0 Å². The van der Waals surface area contributed by atoms with Crippen LogP contribution in [0.5, 0.6) is 0 Å². The van der Waals surface area contributed by atoms with Crippen LogP contribution in [0.3, 0.4) is 0 Å². The fourth-order valence-corrected chi connectivity index (χ4v) is 11.2. The molecule has 0 radical (unpaired) electrons. The van der Waals surface area contributed by atoms with Gasteiger partial charge in [-0.1, -0.05) is 165 Å². The molecule has 56 heavy (non-hydrogen) atoms. The summed E-state index contributed by atoms with van der Waals surface area (Å²) in [5, 5.41) is 18.2. The fraction of sp³-hybridized carbons (Fsp3) is 0.113. The average Bonchev–Trinajstić information content (AvgIpc) is 3.20. The molecular weight excluding hydrogens is 707 g/mol. The molecule has 1 nitrogen and oxygen atoms in total. The summed E-state index contributed by atoms with van der Waals surface area (Å²) in [6, 6.07) is 58.0. The van der Waals surface area contributed by atoms with E-state index in [1.807, 2.05) is 18.5 Å². The smallest absolute Gasteiger partial charge is 0.0776 e. The Balaban J connectivity index is 1.35. The summed E-state index contributed by atoms with van der Waals surface area (Å²) in [5.41, 5.74) is 7.39. The van der Waals surface area contributed by atoms with Crippen LogP contribution in [-0.2, 0) is 0 Å². The van der Waals surface area contributed by atoms with Crippen LogP contribution >= 0.6 is 0 Å². The van der Waals surface area contributed by atoms with Gasteiger partial charge in [-0.2, -0.15) is 0 Å². The average molecular weight is 752 g/mol. The van der Waals surface area contributed by atoms with Crippen molar-refractivity contribution in [1.82, 2.24) is 4.98 Å². The van der Waals surface area contributed by atoms with Crippen LogP contribution in [0.25, 0.3) is 98.0 Å². The molecule has 0 saturated carbocycles. The van der Waals surface area contributed by atoms with Gasteiger partial charge < -0.3 is 0 Å². The molecule has 0 aliphatic heterocycles. The van der Waals surface area contributed by atoms with Crippen LogP contribution in [0, 0.1) is 0 Å². The summed E-state index contributed by atoms with van der Waals surface area (Å²) >= 11 is 0. The molecule has 0 amide bonds. The molecule has 0 N–H and O–H groups in total. The van der Waals surface area contributed by atoms with Gasteiger partial charge in [0.2, 0.25) is 0 Å². The highest BCUT2D eigenvalue weighted by atomic mass is 28.3. The second kappa shape index (κ2) is 12.8. The Morgan fingerprint density at radius 3 is 1.38 bits per heavy atom. The summed E-state index contributed by atoms with van der Waals surface area (Å²) < 4.78 is 0. The molecule has 0 unspecified atom stereocenters. The zero-order valence-electron chi connectivity index (χ0n) is 33.0. The summed E-state index contributed by atoms with van der Waals surface area (Å²) in [6.45, 7) is 14.6. The Labute approximate surface area is 331 Å². The Bertz CT molecular complexity index is 3200. The maximum atomic E-state index is 4.57. The number of nitrogens with zero attached hydrogens (tertiary/aromatic N) is 1. The van der Waals surface area contributed by atoms with Gasteiger partial charge in [0.25, 0.3) is 0 Å². The highest BCUT2D eigenvalue weighted by Gasteiger charge is 2.22. The maximum absolute atomic E-state index is 4.57. The third-order valence-corrected chi connectivity index (χ3v) is 16.1. The number of benzene rings is 9. The largest absolute Gasteiger partial charge is 0.264 e. The minimum atomic E-state index is -1.45.